The molecule has 4 heteroatoms. The Morgan fingerprint density at radius 2 is 2.15 bits per heavy atom. The molecule has 2 rings (SSSR count). The molecule has 0 saturated heterocycles. The number of nitrogens with zero attached hydrogens (tertiary/aromatic N) is 2. The lowest BCUT2D eigenvalue weighted by Gasteiger charge is -2.15. The highest BCUT2D eigenvalue weighted by Crippen LogP contribution is 2.25. The summed E-state index contributed by atoms with van der Waals surface area (Å²) < 4.78 is 7.78. The molecule has 0 bridgehead atoms. The molecule has 1 aromatic carbocycles. The summed E-state index contributed by atoms with van der Waals surface area (Å²) in [6.07, 6.45) is 5.81. The summed E-state index contributed by atoms with van der Waals surface area (Å²) in [7, 11) is 1.98. The molecule has 1 atom stereocenters. The van der Waals surface area contributed by atoms with Gasteiger partial charge in [-0.2, -0.15) is 5.10 Å². The number of hydrogen-bond donors (Lipinski definition) is 1. The maximum absolute atomic E-state index is 5.87. The molecule has 0 radical (unpaired) electrons. The maximum Gasteiger partial charge on any atom is 0.165 e. The summed E-state index contributed by atoms with van der Waals surface area (Å²) in [5.41, 5.74) is 1.24. The minimum absolute atomic E-state index is 0.362. The fourth-order valence-electron chi connectivity index (χ4n) is 2.29. The molecule has 0 aliphatic heterocycles. The summed E-state index contributed by atoms with van der Waals surface area (Å²) in [5.74, 6) is 1.64. The van der Waals surface area contributed by atoms with Crippen molar-refractivity contribution in [3.8, 4) is 11.5 Å². The zero-order valence-corrected chi connectivity index (χ0v) is 12.5. The van der Waals surface area contributed by atoms with E-state index in [1.807, 2.05) is 30.1 Å². The van der Waals surface area contributed by atoms with Crippen molar-refractivity contribution in [1.29, 1.82) is 0 Å². The van der Waals surface area contributed by atoms with Crippen LogP contribution in [-0.4, -0.2) is 16.8 Å². The average molecular weight is 273 g/mol. The summed E-state index contributed by atoms with van der Waals surface area (Å²) in [4.78, 5) is 0. The Kier molecular flexibility index (Phi) is 5.18. The number of aromatic nitrogens is 2. The van der Waals surface area contributed by atoms with Gasteiger partial charge in [-0.05, 0) is 37.6 Å². The summed E-state index contributed by atoms with van der Waals surface area (Å²) in [6.45, 7) is 5.22. The number of benzene rings is 1. The van der Waals surface area contributed by atoms with Crippen LogP contribution in [0.5, 0.6) is 11.5 Å². The van der Waals surface area contributed by atoms with E-state index in [9.17, 15) is 0 Å². The van der Waals surface area contributed by atoms with Gasteiger partial charge in [0, 0.05) is 12.6 Å². The van der Waals surface area contributed by atoms with Gasteiger partial charge in [-0.1, -0.05) is 26.0 Å². The van der Waals surface area contributed by atoms with E-state index in [4.69, 9.17) is 4.74 Å². The van der Waals surface area contributed by atoms with Crippen LogP contribution in [0.4, 0.5) is 0 Å². The standard InChI is InChI=1S/C16H23N3O/c1-4-9-19-12-15(11-18-19)20-14-8-6-7-13(10-14)16(5-2)17-3/h6-8,10-12,16-17H,4-5,9H2,1-3H3. The predicted molar refractivity (Wildman–Crippen MR) is 81.1 cm³/mol. The third kappa shape index (κ3) is 3.61. The first-order valence-electron chi connectivity index (χ1n) is 7.24. The van der Waals surface area contributed by atoms with Gasteiger partial charge >= 0.3 is 0 Å². The van der Waals surface area contributed by atoms with Gasteiger partial charge in [0.1, 0.15) is 5.75 Å². The molecule has 1 heterocycles. The number of rotatable bonds is 7. The monoisotopic (exact) mass is 273 g/mol. The average Bonchev–Trinajstić information content (AvgIpc) is 2.88. The Morgan fingerprint density at radius 1 is 1.30 bits per heavy atom. The van der Waals surface area contributed by atoms with Crippen molar-refractivity contribution < 1.29 is 4.74 Å². The molecule has 0 aliphatic rings. The fourth-order valence-corrected chi connectivity index (χ4v) is 2.29. The van der Waals surface area contributed by atoms with Gasteiger partial charge in [0.15, 0.2) is 5.75 Å². The van der Waals surface area contributed by atoms with Gasteiger partial charge < -0.3 is 10.1 Å². The summed E-state index contributed by atoms with van der Waals surface area (Å²) in [6, 6.07) is 8.57. The molecule has 0 amide bonds. The second-order valence-electron chi connectivity index (χ2n) is 4.86. The quantitative estimate of drug-likeness (QED) is 0.835. The van der Waals surface area contributed by atoms with Crippen molar-refractivity contribution in [2.24, 2.45) is 0 Å². The lowest BCUT2D eigenvalue weighted by molar-refractivity contribution is 0.477. The molecular formula is C16H23N3O. The van der Waals surface area contributed by atoms with Gasteiger partial charge in [-0.3, -0.25) is 4.68 Å². The zero-order chi connectivity index (χ0) is 14.4. The minimum atomic E-state index is 0.362. The Balaban J connectivity index is 2.10. The molecule has 1 N–H and O–H groups in total. The van der Waals surface area contributed by atoms with Crippen LogP contribution in [-0.2, 0) is 6.54 Å². The molecule has 0 saturated carbocycles. The fraction of sp³-hybridized carbons (Fsp3) is 0.438. The first-order valence-corrected chi connectivity index (χ1v) is 7.24. The van der Waals surface area contributed by atoms with Gasteiger partial charge in [0.25, 0.3) is 0 Å². The Bertz CT molecular complexity index is 532. The normalized spacial score (nSPS) is 12.3. The van der Waals surface area contributed by atoms with Gasteiger partial charge in [0.2, 0.25) is 0 Å². The molecule has 0 fully saturated rings. The molecule has 1 unspecified atom stereocenters. The van der Waals surface area contributed by atoms with Crippen molar-refractivity contribution in [2.45, 2.75) is 39.3 Å². The van der Waals surface area contributed by atoms with E-state index >= 15 is 0 Å². The molecule has 20 heavy (non-hydrogen) atoms. The van der Waals surface area contributed by atoms with Crippen LogP contribution in [0, 0.1) is 0 Å². The van der Waals surface area contributed by atoms with Crippen LogP contribution in [0.3, 0.4) is 0 Å². The van der Waals surface area contributed by atoms with Crippen LogP contribution in [0.25, 0.3) is 0 Å². The molecule has 4 nitrogen and oxygen atoms in total. The topological polar surface area (TPSA) is 39.1 Å². The van der Waals surface area contributed by atoms with E-state index in [2.05, 4.69) is 36.4 Å². The zero-order valence-electron chi connectivity index (χ0n) is 12.5. The van der Waals surface area contributed by atoms with Crippen molar-refractivity contribution in [2.75, 3.05) is 7.05 Å². The Morgan fingerprint density at radius 3 is 2.85 bits per heavy atom. The number of hydrogen-bond acceptors (Lipinski definition) is 3. The highest BCUT2D eigenvalue weighted by molar-refractivity contribution is 5.33. The third-order valence-electron chi connectivity index (χ3n) is 3.32. The van der Waals surface area contributed by atoms with Crippen molar-refractivity contribution >= 4 is 0 Å². The number of nitrogens with one attached hydrogen (secondary N) is 1. The highest BCUT2D eigenvalue weighted by Gasteiger charge is 2.08. The van der Waals surface area contributed by atoms with E-state index in [0.29, 0.717) is 6.04 Å². The molecule has 0 aliphatic carbocycles. The smallest absolute Gasteiger partial charge is 0.165 e. The van der Waals surface area contributed by atoms with E-state index in [1.165, 1.54) is 5.56 Å². The second kappa shape index (κ2) is 7.10. The van der Waals surface area contributed by atoms with Crippen LogP contribution in [0.15, 0.2) is 36.7 Å². The highest BCUT2D eigenvalue weighted by atomic mass is 16.5. The van der Waals surface area contributed by atoms with Crippen molar-refractivity contribution in [3.63, 3.8) is 0 Å². The lowest BCUT2D eigenvalue weighted by Crippen LogP contribution is -2.14. The molecule has 108 valence electrons. The third-order valence-corrected chi connectivity index (χ3v) is 3.32. The Hall–Kier alpha value is -1.81. The molecule has 2 aromatic rings. The van der Waals surface area contributed by atoms with E-state index in [-0.39, 0.29) is 0 Å². The summed E-state index contributed by atoms with van der Waals surface area (Å²) >= 11 is 0. The van der Waals surface area contributed by atoms with Crippen LogP contribution in [0.2, 0.25) is 0 Å². The first kappa shape index (κ1) is 14.6. The van der Waals surface area contributed by atoms with E-state index < -0.39 is 0 Å². The van der Waals surface area contributed by atoms with Gasteiger partial charge in [0.05, 0.1) is 12.4 Å². The van der Waals surface area contributed by atoms with Gasteiger partial charge in [-0.15, -0.1) is 0 Å². The minimum Gasteiger partial charge on any atom is -0.454 e. The molecule has 0 spiro atoms. The lowest BCUT2D eigenvalue weighted by atomic mass is 10.0. The van der Waals surface area contributed by atoms with Crippen LogP contribution in [0.1, 0.15) is 38.3 Å². The van der Waals surface area contributed by atoms with E-state index in [1.54, 1.807) is 6.20 Å². The second-order valence-corrected chi connectivity index (χ2v) is 4.86. The molecule has 1 aromatic heterocycles. The number of ether oxygens (including phenoxy) is 1. The van der Waals surface area contributed by atoms with Crippen molar-refractivity contribution in [3.05, 3.63) is 42.2 Å². The molecular weight excluding hydrogens is 250 g/mol. The van der Waals surface area contributed by atoms with E-state index in [0.717, 1.165) is 30.9 Å². The van der Waals surface area contributed by atoms with Crippen molar-refractivity contribution in [1.82, 2.24) is 15.1 Å². The van der Waals surface area contributed by atoms with Crippen LogP contribution >= 0.6 is 0 Å². The predicted octanol–water partition coefficient (Wildman–Crippen LogP) is 3.76. The first-order chi connectivity index (χ1) is 9.76. The van der Waals surface area contributed by atoms with Crippen LogP contribution < -0.4 is 10.1 Å². The van der Waals surface area contributed by atoms with Gasteiger partial charge in [-0.25, -0.2) is 0 Å². The number of aryl methyl sites for hydroxylation is 1. The Labute approximate surface area is 120 Å². The summed E-state index contributed by atoms with van der Waals surface area (Å²) in [5, 5.41) is 7.58. The maximum atomic E-state index is 5.87. The SMILES string of the molecule is CCCn1cc(Oc2cccc(C(CC)NC)c2)cn1. The largest absolute Gasteiger partial charge is 0.454 e.